The number of hydrogen-bond donors (Lipinski definition) is 1. The minimum absolute atomic E-state index is 0.209. The van der Waals surface area contributed by atoms with Gasteiger partial charge in [-0.25, -0.2) is 0 Å². The Morgan fingerprint density at radius 2 is 2.06 bits per heavy atom. The standard InChI is InChI=1S/C27H33N5S/c1-6-9-25(28-5)22-16-29-27(19(4)33-14-7-2)32-17-21(15-26(22)32)30-18(3)23-10-8-11-24(31-23)20-12-13-20/h6-11,14,20-21,30H,3-4,12-13,15-17H2,1-2,5H3/b9-6-,14-7-,28-25?. The van der Waals surface area contributed by atoms with E-state index < -0.39 is 0 Å². The smallest absolute Gasteiger partial charge is 0.141 e. The lowest BCUT2D eigenvalue weighted by Gasteiger charge is -2.29. The number of nitrogens with zero attached hydrogens (tertiary/aromatic N) is 4. The highest BCUT2D eigenvalue weighted by atomic mass is 32.2. The van der Waals surface area contributed by atoms with Crippen molar-refractivity contribution in [2.24, 2.45) is 9.98 Å². The van der Waals surface area contributed by atoms with E-state index >= 15 is 0 Å². The zero-order chi connectivity index (χ0) is 23.4. The Bertz CT molecular complexity index is 1090. The van der Waals surface area contributed by atoms with Crippen molar-refractivity contribution < 1.29 is 0 Å². The molecule has 2 aliphatic heterocycles. The first kappa shape index (κ1) is 23.3. The van der Waals surface area contributed by atoms with Gasteiger partial charge in [0.25, 0.3) is 0 Å². The summed E-state index contributed by atoms with van der Waals surface area (Å²) < 4.78 is 0. The van der Waals surface area contributed by atoms with E-state index in [2.05, 4.69) is 52.0 Å². The first-order chi connectivity index (χ1) is 16.0. The highest BCUT2D eigenvalue weighted by molar-refractivity contribution is 8.06. The summed E-state index contributed by atoms with van der Waals surface area (Å²) in [4.78, 5) is 17.6. The zero-order valence-electron chi connectivity index (χ0n) is 19.8. The van der Waals surface area contributed by atoms with E-state index in [1.807, 2.05) is 39.1 Å². The first-order valence-corrected chi connectivity index (χ1v) is 12.5. The van der Waals surface area contributed by atoms with Gasteiger partial charge in [-0.3, -0.25) is 15.0 Å². The Balaban J connectivity index is 1.57. The number of thioether (sulfide) groups is 1. The molecule has 0 spiro atoms. The van der Waals surface area contributed by atoms with Gasteiger partial charge < -0.3 is 10.2 Å². The fourth-order valence-corrected chi connectivity index (χ4v) is 4.93. The molecule has 1 aromatic rings. The van der Waals surface area contributed by atoms with E-state index in [1.165, 1.54) is 29.8 Å². The van der Waals surface area contributed by atoms with Crippen LogP contribution in [0.15, 0.2) is 81.2 Å². The van der Waals surface area contributed by atoms with Crippen LogP contribution in [0.5, 0.6) is 0 Å². The summed E-state index contributed by atoms with van der Waals surface area (Å²) in [7, 11) is 1.85. The monoisotopic (exact) mass is 459 g/mol. The molecule has 4 rings (SSSR count). The average molecular weight is 460 g/mol. The van der Waals surface area contributed by atoms with Crippen LogP contribution in [-0.2, 0) is 0 Å². The predicted octanol–water partition coefficient (Wildman–Crippen LogP) is 5.69. The molecule has 2 fully saturated rings. The molecule has 1 N–H and O–H groups in total. The first-order valence-electron chi connectivity index (χ1n) is 11.6. The molecular formula is C27H33N5S. The van der Waals surface area contributed by atoms with Gasteiger partial charge in [-0.2, -0.15) is 0 Å². The van der Waals surface area contributed by atoms with E-state index in [-0.39, 0.29) is 6.04 Å². The third kappa shape index (κ3) is 5.22. The molecule has 1 saturated heterocycles. The number of aromatic nitrogens is 1. The number of fused-ring (bicyclic) bond motifs is 1. The molecule has 172 valence electrons. The lowest BCUT2D eigenvalue weighted by molar-refractivity contribution is 0.531. The third-order valence-corrected chi connectivity index (χ3v) is 6.96. The Kier molecular flexibility index (Phi) is 7.33. The molecule has 6 heteroatoms. The largest absolute Gasteiger partial charge is 0.379 e. The average Bonchev–Trinajstić information content (AvgIpc) is 3.60. The maximum atomic E-state index is 4.92. The Labute approximate surface area is 201 Å². The number of pyridine rings is 1. The topological polar surface area (TPSA) is 52.9 Å². The fraction of sp³-hybridized carbons (Fsp3) is 0.370. The van der Waals surface area contributed by atoms with Gasteiger partial charge in [-0.05, 0) is 50.3 Å². The quantitative estimate of drug-likeness (QED) is 0.482. The van der Waals surface area contributed by atoms with Crippen LogP contribution in [0.1, 0.15) is 50.4 Å². The Morgan fingerprint density at radius 3 is 2.76 bits per heavy atom. The normalized spacial score (nSPS) is 21.1. The molecule has 1 aliphatic carbocycles. The Morgan fingerprint density at radius 1 is 1.24 bits per heavy atom. The summed E-state index contributed by atoms with van der Waals surface area (Å²) in [6.45, 7) is 14.1. The summed E-state index contributed by atoms with van der Waals surface area (Å²) >= 11 is 1.62. The van der Waals surface area contributed by atoms with Crippen molar-refractivity contribution in [1.82, 2.24) is 15.2 Å². The lowest BCUT2D eigenvalue weighted by Crippen LogP contribution is -2.36. The molecular weight excluding hydrogens is 426 g/mol. The van der Waals surface area contributed by atoms with Crippen LogP contribution in [0, 0.1) is 0 Å². The number of hydrogen-bond acceptors (Lipinski definition) is 6. The van der Waals surface area contributed by atoms with E-state index in [0.717, 1.165) is 40.8 Å². The SMILES string of the molecule is C=C(S/C=C\C)C1=NCC(C(/C=C\C)=NC)=C2CC(NC(=C)c3cccc(C4CC4)n3)CN12. The van der Waals surface area contributed by atoms with Crippen molar-refractivity contribution in [1.29, 1.82) is 0 Å². The molecule has 1 unspecified atom stereocenters. The van der Waals surface area contributed by atoms with Crippen molar-refractivity contribution >= 4 is 29.0 Å². The van der Waals surface area contributed by atoms with Gasteiger partial charge in [0.05, 0.1) is 23.6 Å². The van der Waals surface area contributed by atoms with Gasteiger partial charge in [-0.15, -0.1) is 0 Å². The van der Waals surface area contributed by atoms with Crippen molar-refractivity contribution in [2.75, 3.05) is 20.1 Å². The number of allylic oxidation sites excluding steroid dienone is 3. The van der Waals surface area contributed by atoms with Crippen LogP contribution in [0.25, 0.3) is 5.70 Å². The zero-order valence-corrected chi connectivity index (χ0v) is 20.7. The van der Waals surface area contributed by atoms with Crippen LogP contribution >= 0.6 is 11.8 Å². The summed E-state index contributed by atoms with van der Waals surface area (Å²) in [6, 6.07) is 6.48. The van der Waals surface area contributed by atoms with Gasteiger partial charge in [0.15, 0.2) is 0 Å². The van der Waals surface area contributed by atoms with E-state index in [1.54, 1.807) is 11.8 Å². The minimum Gasteiger partial charge on any atom is -0.379 e. The van der Waals surface area contributed by atoms with Crippen LogP contribution in [-0.4, -0.2) is 47.6 Å². The number of amidine groups is 1. The minimum atomic E-state index is 0.209. The maximum absolute atomic E-state index is 4.92. The molecule has 0 aromatic carbocycles. The van der Waals surface area contributed by atoms with Crippen molar-refractivity contribution in [3.8, 4) is 0 Å². The summed E-state index contributed by atoms with van der Waals surface area (Å²) in [5.74, 6) is 1.58. The number of aliphatic imine (C=N–C) groups is 2. The Hall–Kier alpha value is -2.86. The number of rotatable bonds is 9. The molecule has 3 aliphatic rings. The van der Waals surface area contributed by atoms with Gasteiger partial charge in [-0.1, -0.05) is 43.1 Å². The second-order valence-electron chi connectivity index (χ2n) is 8.54. The number of nitrogens with one attached hydrogen (secondary N) is 1. The predicted molar refractivity (Wildman–Crippen MR) is 143 cm³/mol. The molecule has 3 heterocycles. The molecule has 0 amide bonds. The van der Waals surface area contributed by atoms with E-state index in [4.69, 9.17) is 9.98 Å². The molecule has 1 aromatic heterocycles. The summed E-state index contributed by atoms with van der Waals surface area (Å²) in [5, 5.41) is 5.70. The molecule has 5 nitrogen and oxygen atoms in total. The lowest BCUT2D eigenvalue weighted by atomic mass is 10.0. The van der Waals surface area contributed by atoms with Crippen LogP contribution in [0.2, 0.25) is 0 Å². The van der Waals surface area contributed by atoms with Crippen LogP contribution in [0.3, 0.4) is 0 Å². The summed E-state index contributed by atoms with van der Waals surface area (Å²) in [6.07, 6.45) is 9.50. The van der Waals surface area contributed by atoms with Crippen LogP contribution < -0.4 is 5.32 Å². The van der Waals surface area contributed by atoms with Crippen molar-refractivity contribution in [3.63, 3.8) is 0 Å². The van der Waals surface area contributed by atoms with Gasteiger partial charge >= 0.3 is 0 Å². The van der Waals surface area contributed by atoms with Gasteiger partial charge in [0, 0.05) is 53.8 Å². The molecule has 0 bridgehead atoms. The molecule has 1 saturated carbocycles. The van der Waals surface area contributed by atoms with Crippen LogP contribution in [0.4, 0.5) is 0 Å². The second-order valence-corrected chi connectivity index (χ2v) is 9.54. The maximum Gasteiger partial charge on any atom is 0.141 e. The second kappa shape index (κ2) is 10.4. The summed E-state index contributed by atoms with van der Waals surface area (Å²) in [5.41, 5.74) is 6.45. The van der Waals surface area contributed by atoms with Gasteiger partial charge in [0.2, 0.25) is 0 Å². The van der Waals surface area contributed by atoms with E-state index in [9.17, 15) is 0 Å². The van der Waals surface area contributed by atoms with Gasteiger partial charge in [0.1, 0.15) is 5.84 Å². The van der Waals surface area contributed by atoms with E-state index in [0.29, 0.717) is 12.5 Å². The molecule has 33 heavy (non-hydrogen) atoms. The highest BCUT2D eigenvalue weighted by Crippen LogP contribution is 2.39. The van der Waals surface area contributed by atoms with Crippen molar-refractivity contribution in [3.05, 3.63) is 82.6 Å². The highest BCUT2D eigenvalue weighted by Gasteiger charge is 2.36. The fourth-order valence-electron chi connectivity index (χ4n) is 4.35. The molecule has 0 radical (unpaired) electrons. The molecule has 1 atom stereocenters. The third-order valence-electron chi connectivity index (χ3n) is 6.08. The van der Waals surface area contributed by atoms with Crippen molar-refractivity contribution in [2.45, 2.75) is 45.1 Å².